The predicted octanol–water partition coefficient (Wildman–Crippen LogP) is 2.39. The van der Waals surface area contributed by atoms with Crippen LogP contribution in [0.3, 0.4) is 0 Å². The fourth-order valence-corrected chi connectivity index (χ4v) is 2.15. The topological polar surface area (TPSA) is 44.0 Å². The van der Waals surface area contributed by atoms with Gasteiger partial charge in [-0.05, 0) is 30.7 Å². The van der Waals surface area contributed by atoms with Crippen molar-refractivity contribution in [3.05, 3.63) is 66.9 Å². The molecule has 0 spiro atoms. The van der Waals surface area contributed by atoms with Crippen molar-refractivity contribution in [1.29, 1.82) is 0 Å². The number of benzene rings is 1. The number of hydrogen-bond donors (Lipinski definition) is 0. The third-order valence-electron chi connectivity index (χ3n) is 2.82. The minimum absolute atomic E-state index is 0.109. The van der Waals surface area contributed by atoms with Crippen LogP contribution in [0.5, 0.6) is 0 Å². The van der Waals surface area contributed by atoms with E-state index in [0.717, 1.165) is 4.57 Å². The highest BCUT2D eigenvalue weighted by molar-refractivity contribution is 6.33. The van der Waals surface area contributed by atoms with Crippen molar-refractivity contribution < 1.29 is 0 Å². The molecule has 6 heteroatoms. The van der Waals surface area contributed by atoms with Gasteiger partial charge in [-0.15, -0.1) is 0 Å². The van der Waals surface area contributed by atoms with Crippen molar-refractivity contribution >= 4 is 23.2 Å². The van der Waals surface area contributed by atoms with Crippen LogP contribution in [0.25, 0.3) is 0 Å². The Hall–Kier alpha value is -1.52. The van der Waals surface area contributed by atoms with Crippen LogP contribution in [0.2, 0.25) is 10.0 Å². The Morgan fingerprint density at radius 3 is 2.58 bits per heavy atom. The highest BCUT2D eigenvalue weighted by Gasteiger charge is 2.08. The quantitative estimate of drug-likeness (QED) is 0.873. The number of aromatic nitrogens is 2. The third kappa shape index (κ3) is 2.91. The second kappa shape index (κ2) is 5.63. The molecule has 0 aliphatic rings. The van der Waals surface area contributed by atoms with E-state index < -0.39 is 0 Å². The zero-order chi connectivity index (χ0) is 14.0. The number of hydrogen-bond acceptors (Lipinski definition) is 2. The highest BCUT2D eigenvalue weighted by Crippen LogP contribution is 2.20. The van der Waals surface area contributed by atoms with Crippen LogP contribution in [0.4, 0.5) is 0 Å². The molecule has 0 aliphatic carbocycles. The monoisotopic (exact) mass is 298 g/mol. The van der Waals surface area contributed by atoms with E-state index in [9.17, 15) is 9.59 Å². The van der Waals surface area contributed by atoms with E-state index in [1.807, 2.05) is 6.92 Å². The molecular formula is C13H12Cl2N2O2. The molecule has 0 unspecified atom stereocenters. The number of nitrogens with zero attached hydrogens (tertiary/aromatic N) is 2. The fourth-order valence-electron chi connectivity index (χ4n) is 1.78. The predicted molar refractivity (Wildman–Crippen MR) is 76.2 cm³/mol. The lowest BCUT2D eigenvalue weighted by Crippen LogP contribution is -2.39. The lowest BCUT2D eigenvalue weighted by Gasteiger charge is -2.09. The van der Waals surface area contributed by atoms with E-state index in [-0.39, 0.29) is 17.8 Å². The molecular weight excluding hydrogens is 287 g/mol. The van der Waals surface area contributed by atoms with Crippen LogP contribution < -0.4 is 11.2 Å². The van der Waals surface area contributed by atoms with E-state index in [0.29, 0.717) is 22.2 Å². The molecule has 0 N–H and O–H groups in total. The molecule has 1 heterocycles. The third-order valence-corrected chi connectivity index (χ3v) is 3.42. The summed E-state index contributed by atoms with van der Waals surface area (Å²) < 4.78 is 2.60. The van der Waals surface area contributed by atoms with Crippen LogP contribution in [-0.4, -0.2) is 9.13 Å². The average molecular weight is 299 g/mol. The molecule has 100 valence electrons. The largest absolute Gasteiger partial charge is 0.331 e. The normalized spacial score (nSPS) is 10.7. The number of halogens is 2. The summed E-state index contributed by atoms with van der Waals surface area (Å²) in [7, 11) is 0. The SMILES string of the molecule is CCn1ccc(=O)n(Cc2cc(Cl)ccc2Cl)c1=O. The van der Waals surface area contributed by atoms with E-state index in [2.05, 4.69) is 0 Å². The molecule has 0 radical (unpaired) electrons. The Bertz CT molecular complexity index is 719. The van der Waals surface area contributed by atoms with Gasteiger partial charge in [0.1, 0.15) is 0 Å². The molecule has 0 aliphatic heterocycles. The van der Waals surface area contributed by atoms with Crippen molar-refractivity contribution in [2.75, 3.05) is 0 Å². The van der Waals surface area contributed by atoms with Gasteiger partial charge in [0.15, 0.2) is 0 Å². The number of rotatable bonds is 3. The van der Waals surface area contributed by atoms with E-state index >= 15 is 0 Å². The van der Waals surface area contributed by atoms with Gasteiger partial charge in [0.05, 0.1) is 6.54 Å². The Labute approximate surface area is 119 Å². The maximum atomic E-state index is 12.1. The van der Waals surface area contributed by atoms with E-state index in [1.54, 1.807) is 18.2 Å². The first-order valence-corrected chi connectivity index (χ1v) is 6.52. The van der Waals surface area contributed by atoms with Crippen LogP contribution in [0, 0.1) is 0 Å². The second-order valence-corrected chi connectivity index (χ2v) is 4.89. The summed E-state index contributed by atoms with van der Waals surface area (Å²) in [5, 5.41) is 0.988. The lowest BCUT2D eigenvalue weighted by molar-refractivity contribution is 0.600. The van der Waals surface area contributed by atoms with E-state index in [4.69, 9.17) is 23.2 Å². The first-order valence-electron chi connectivity index (χ1n) is 5.77. The summed E-state index contributed by atoms with van der Waals surface area (Å²) in [5.41, 5.74) is -0.0704. The molecule has 2 rings (SSSR count). The molecule has 1 aromatic carbocycles. The summed E-state index contributed by atoms with van der Waals surface area (Å²) in [4.78, 5) is 23.9. The molecule has 0 saturated carbocycles. The first kappa shape index (κ1) is 13.9. The molecule has 0 bridgehead atoms. The van der Waals surface area contributed by atoms with Crippen molar-refractivity contribution in [3.63, 3.8) is 0 Å². The Balaban J connectivity index is 2.52. The summed E-state index contributed by atoms with van der Waals surface area (Å²) >= 11 is 11.9. The average Bonchev–Trinajstić information content (AvgIpc) is 2.38. The van der Waals surface area contributed by atoms with Gasteiger partial charge >= 0.3 is 5.69 Å². The highest BCUT2D eigenvalue weighted by atomic mass is 35.5. The fraction of sp³-hybridized carbons (Fsp3) is 0.231. The molecule has 19 heavy (non-hydrogen) atoms. The van der Waals surface area contributed by atoms with Crippen LogP contribution in [-0.2, 0) is 13.1 Å². The molecule has 0 amide bonds. The second-order valence-electron chi connectivity index (χ2n) is 4.04. The van der Waals surface area contributed by atoms with Gasteiger partial charge < -0.3 is 4.57 Å². The number of aryl methyl sites for hydroxylation is 1. The van der Waals surface area contributed by atoms with Crippen molar-refractivity contribution in [2.24, 2.45) is 0 Å². The van der Waals surface area contributed by atoms with Gasteiger partial charge in [-0.3, -0.25) is 9.36 Å². The van der Waals surface area contributed by atoms with Gasteiger partial charge in [0.2, 0.25) is 0 Å². The smallest absolute Gasteiger partial charge is 0.301 e. The van der Waals surface area contributed by atoms with Crippen molar-refractivity contribution in [1.82, 2.24) is 9.13 Å². The van der Waals surface area contributed by atoms with Gasteiger partial charge in [-0.25, -0.2) is 4.79 Å². The first-order chi connectivity index (χ1) is 9.02. The minimum Gasteiger partial charge on any atom is -0.301 e. The molecule has 0 fully saturated rings. The molecule has 2 aromatic rings. The lowest BCUT2D eigenvalue weighted by atomic mass is 10.2. The van der Waals surface area contributed by atoms with Crippen LogP contribution >= 0.6 is 23.2 Å². The summed E-state index contributed by atoms with van der Waals surface area (Å²) in [6, 6.07) is 6.32. The summed E-state index contributed by atoms with van der Waals surface area (Å²) in [6.45, 7) is 2.45. The van der Waals surface area contributed by atoms with Gasteiger partial charge in [0, 0.05) is 28.9 Å². The maximum Gasteiger partial charge on any atom is 0.331 e. The Morgan fingerprint density at radius 1 is 1.16 bits per heavy atom. The minimum atomic E-state index is -0.356. The zero-order valence-electron chi connectivity index (χ0n) is 10.3. The van der Waals surface area contributed by atoms with Gasteiger partial charge in [-0.2, -0.15) is 0 Å². The molecule has 0 saturated heterocycles. The molecule has 0 atom stereocenters. The van der Waals surface area contributed by atoms with Gasteiger partial charge in [0.25, 0.3) is 5.56 Å². The standard InChI is InChI=1S/C13H12Cl2N2O2/c1-2-16-6-5-12(18)17(13(16)19)8-9-7-10(14)3-4-11(9)15/h3-7H,2,8H2,1H3. The Kier molecular flexibility index (Phi) is 4.12. The van der Waals surface area contributed by atoms with Gasteiger partial charge in [-0.1, -0.05) is 23.2 Å². The zero-order valence-corrected chi connectivity index (χ0v) is 11.8. The maximum absolute atomic E-state index is 12.1. The van der Waals surface area contributed by atoms with Crippen molar-refractivity contribution in [2.45, 2.75) is 20.0 Å². The summed E-state index contributed by atoms with van der Waals surface area (Å²) in [6.07, 6.45) is 1.49. The Morgan fingerprint density at radius 2 is 1.89 bits per heavy atom. The summed E-state index contributed by atoms with van der Waals surface area (Å²) in [5.74, 6) is 0. The van der Waals surface area contributed by atoms with Crippen LogP contribution in [0.15, 0.2) is 40.1 Å². The molecule has 4 nitrogen and oxygen atoms in total. The molecule has 1 aromatic heterocycles. The van der Waals surface area contributed by atoms with E-state index in [1.165, 1.54) is 16.8 Å². The van der Waals surface area contributed by atoms with Crippen LogP contribution in [0.1, 0.15) is 12.5 Å². The van der Waals surface area contributed by atoms with Crippen molar-refractivity contribution in [3.8, 4) is 0 Å².